The zero-order chi connectivity index (χ0) is 34.7. The lowest BCUT2D eigenvalue weighted by Gasteiger charge is -2.20. The number of aliphatic hydroxyl groups is 2. The molecule has 0 rings (SSSR count). The fraction of sp³-hybridized carbons (Fsp3) is 0.973. The third-order valence-electron chi connectivity index (χ3n) is 8.54. The molecule has 3 atom stereocenters. The average Bonchev–Trinajstić information content (AvgIpc) is 3.06. The minimum absolute atomic E-state index is 0.0574. The van der Waals surface area contributed by atoms with Gasteiger partial charge >= 0.3 is 13.8 Å². The maximum Gasteiger partial charge on any atom is 0.472 e. The molecule has 0 spiro atoms. The molecule has 0 aliphatic rings. The van der Waals surface area contributed by atoms with Crippen LogP contribution in [-0.2, 0) is 27.9 Å². The van der Waals surface area contributed by atoms with Gasteiger partial charge in [0, 0.05) is 13.0 Å². The first-order valence-electron chi connectivity index (χ1n) is 19.5. The van der Waals surface area contributed by atoms with E-state index in [1.807, 2.05) is 0 Å². The van der Waals surface area contributed by atoms with Gasteiger partial charge in [-0.1, -0.05) is 168 Å². The lowest BCUT2D eigenvalue weighted by molar-refractivity contribution is -0.154. The molecule has 0 saturated heterocycles. The minimum Gasteiger partial charge on any atom is -0.457 e. The van der Waals surface area contributed by atoms with Gasteiger partial charge in [0.05, 0.1) is 26.4 Å². The molecule has 0 aromatic rings. The number of ether oxygens (including phenoxy) is 2. The smallest absolute Gasteiger partial charge is 0.457 e. The van der Waals surface area contributed by atoms with Crippen molar-refractivity contribution in [2.24, 2.45) is 0 Å². The van der Waals surface area contributed by atoms with Crippen LogP contribution in [0.2, 0.25) is 0 Å². The van der Waals surface area contributed by atoms with Crippen molar-refractivity contribution >= 4 is 13.8 Å². The molecular formula is C37H75O9P. The summed E-state index contributed by atoms with van der Waals surface area (Å²) in [7, 11) is -4.50. The number of esters is 1. The molecule has 0 amide bonds. The second-order valence-electron chi connectivity index (χ2n) is 13.3. The number of hydrogen-bond acceptors (Lipinski definition) is 8. The summed E-state index contributed by atoms with van der Waals surface area (Å²) < 4.78 is 33.2. The summed E-state index contributed by atoms with van der Waals surface area (Å²) in [6.45, 7) is 3.54. The number of aliphatic hydroxyl groups excluding tert-OH is 2. The van der Waals surface area contributed by atoms with E-state index in [2.05, 4.69) is 13.8 Å². The molecule has 0 aliphatic heterocycles. The van der Waals surface area contributed by atoms with Gasteiger partial charge in [0.15, 0.2) is 0 Å². The van der Waals surface area contributed by atoms with Crippen LogP contribution in [0.15, 0.2) is 0 Å². The van der Waals surface area contributed by atoms with Crippen LogP contribution >= 0.6 is 7.82 Å². The van der Waals surface area contributed by atoms with Gasteiger partial charge in [0.25, 0.3) is 0 Å². The van der Waals surface area contributed by atoms with E-state index in [1.54, 1.807) is 0 Å². The summed E-state index contributed by atoms with van der Waals surface area (Å²) in [4.78, 5) is 22.4. The topological polar surface area (TPSA) is 132 Å². The second-order valence-corrected chi connectivity index (χ2v) is 14.8. The molecule has 0 saturated carbocycles. The first-order valence-corrected chi connectivity index (χ1v) is 21.0. The highest BCUT2D eigenvalue weighted by atomic mass is 31.2. The Bertz CT molecular complexity index is 709. The number of phosphoric acid groups is 1. The van der Waals surface area contributed by atoms with Crippen LogP contribution in [-0.4, -0.2) is 66.3 Å². The van der Waals surface area contributed by atoms with Crippen molar-refractivity contribution in [1.29, 1.82) is 0 Å². The van der Waals surface area contributed by atoms with Crippen molar-refractivity contribution in [1.82, 2.24) is 0 Å². The largest absolute Gasteiger partial charge is 0.472 e. The zero-order valence-corrected chi connectivity index (χ0v) is 31.4. The summed E-state index contributed by atoms with van der Waals surface area (Å²) in [6.07, 6.45) is 30.6. The Morgan fingerprint density at radius 1 is 0.574 bits per heavy atom. The average molecular weight is 695 g/mol. The Morgan fingerprint density at radius 2 is 0.957 bits per heavy atom. The van der Waals surface area contributed by atoms with E-state index in [0.717, 1.165) is 32.1 Å². The predicted octanol–water partition coefficient (Wildman–Crippen LogP) is 9.97. The molecular weight excluding hydrogens is 619 g/mol. The molecule has 0 aromatic carbocycles. The normalized spacial score (nSPS) is 14.2. The van der Waals surface area contributed by atoms with Crippen LogP contribution in [0.25, 0.3) is 0 Å². The third-order valence-corrected chi connectivity index (χ3v) is 9.49. The Balaban J connectivity index is 4.16. The molecule has 10 heteroatoms. The molecule has 3 unspecified atom stereocenters. The van der Waals surface area contributed by atoms with E-state index in [-0.39, 0.29) is 25.6 Å². The molecule has 0 aromatic heterocycles. The van der Waals surface area contributed by atoms with Crippen LogP contribution < -0.4 is 0 Å². The number of hydrogen-bond donors (Lipinski definition) is 3. The Kier molecular flexibility index (Phi) is 34.9. The maximum atomic E-state index is 12.5. The molecule has 0 aliphatic carbocycles. The van der Waals surface area contributed by atoms with E-state index in [4.69, 9.17) is 23.6 Å². The van der Waals surface area contributed by atoms with Gasteiger partial charge < -0.3 is 24.6 Å². The molecule has 3 N–H and O–H groups in total. The molecule has 0 radical (unpaired) electrons. The van der Waals surface area contributed by atoms with Gasteiger partial charge in [-0.05, 0) is 12.8 Å². The highest BCUT2D eigenvalue weighted by Gasteiger charge is 2.26. The van der Waals surface area contributed by atoms with Crippen molar-refractivity contribution in [2.45, 2.75) is 199 Å². The molecule has 0 bridgehead atoms. The van der Waals surface area contributed by atoms with Crippen molar-refractivity contribution in [3.63, 3.8) is 0 Å². The van der Waals surface area contributed by atoms with Crippen molar-refractivity contribution in [2.75, 3.05) is 33.0 Å². The van der Waals surface area contributed by atoms with Crippen molar-refractivity contribution < 1.29 is 43.0 Å². The molecule has 0 heterocycles. The number of carbonyl (C=O) groups excluding carboxylic acids is 1. The van der Waals surface area contributed by atoms with Gasteiger partial charge in [-0.15, -0.1) is 0 Å². The summed E-state index contributed by atoms with van der Waals surface area (Å²) in [6, 6.07) is 0. The highest BCUT2D eigenvalue weighted by molar-refractivity contribution is 7.47. The van der Waals surface area contributed by atoms with Gasteiger partial charge in [-0.3, -0.25) is 13.8 Å². The monoisotopic (exact) mass is 695 g/mol. The summed E-state index contributed by atoms with van der Waals surface area (Å²) >= 11 is 0. The highest BCUT2D eigenvalue weighted by Crippen LogP contribution is 2.43. The maximum absolute atomic E-state index is 12.5. The van der Waals surface area contributed by atoms with E-state index in [1.165, 1.54) is 135 Å². The number of carbonyl (C=O) groups is 1. The predicted molar refractivity (Wildman–Crippen MR) is 192 cm³/mol. The number of phosphoric ester groups is 1. The third kappa shape index (κ3) is 35.1. The van der Waals surface area contributed by atoms with Gasteiger partial charge in [-0.2, -0.15) is 0 Å². The second kappa shape index (κ2) is 35.3. The summed E-state index contributed by atoms with van der Waals surface area (Å²) in [5.41, 5.74) is 0. The van der Waals surface area contributed by atoms with E-state index < -0.39 is 33.2 Å². The zero-order valence-electron chi connectivity index (χ0n) is 30.5. The Labute approximate surface area is 288 Å². The van der Waals surface area contributed by atoms with Crippen molar-refractivity contribution in [3.05, 3.63) is 0 Å². The standard InChI is InChI=1S/C37H75O9P/c1-3-5-7-9-11-13-15-16-17-18-20-22-24-26-28-30-43-33-36(34-45-47(41,42)44-32-35(39)31-38)46-37(40)29-27-25-23-21-19-14-12-10-8-6-4-2/h35-36,38-39H,3-34H2,1-2H3,(H,41,42). The van der Waals surface area contributed by atoms with Crippen molar-refractivity contribution in [3.8, 4) is 0 Å². The first kappa shape index (κ1) is 46.5. The molecule has 0 fully saturated rings. The fourth-order valence-electron chi connectivity index (χ4n) is 5.53. The summed E-state index contributed by atoms with van der Waals surface area (Å²) in [5, 5.41) is 18.3. The quantitative estimate of drug-likeness (QED) is 0.0328. The van der Waals surface area contributed by atoms with Crippen LogP contribution in [0.1, 0.15) is 187 Å². The molecule has 282 valence electrons. The SMILES string of the molecule is CCCCCCCCCCCCCCCCCOCC(COP(=O)(O)OCC(O)CO)OC(=O)CCCCCCCCCCCCC. The van der Waals surface area contributed by atoms with Gasteiger partial charge in [0.1, 0.15) is 12.2 Å². The molecule has 47 heavy (non-hydrogen) atoms. The number of rotatable bonds is 38. The van der Waals surface area contributed by atoms with Crippen LogP contribution in [0.4, 0.5) is 0 Å². The van der Waals surface area contributed by atoms with E-state index in [9.17, 15) is 19.4 Å². The first-order chi connectivity index (χ1) is 22.8. The summed E-state index contributed by atoms with van der Waals surface area (Å²) in [5.74, 6) is -0.380. The van der Waals surface area contributed by atoms with E-state index in [0.29, 0.717) is 6.61 Å². The van der Waals surface area contributed by atoms with Crippen LogP contribution in [0.5, 0.6) is 0 Å². The molecule has 9 nitrogen and oxygen atoms in total. The van der Waals surface area contributed by atoms with Gasteiger partial charge in [0.2, 0.25) is 0 Å². The lowest BCUT2D eigenvalue weighted by Crippen LogP contribution is -2.29. The van der Waals surface area contributed by atoms with Crippen LogP contribution in [0, 0.1) is 0 Å². The van der Waals surface area contributed by atoms with Crippen LogP contribution in [0.3, 0.4) is 0 Å². The lowest BCUT2D eigenvalue weighted by atomic mass is 10.0. The minimum atomic E-state index is -4.50. The Morgan fingerprint density at radius 3 is 1.38 bits per heavy atom. The fourth-order valence-corrected chi connectivity index (χ4v) is 6.32. The van der Waals surface area contributed by atoms with Gasteiger partial charge in [-0.25, -0.2) is 4.57 Å². The number of unbranched alkanes of at least 4 members (excludes halogenated alkanes) is 24. The Hall–Kier alpha value is -0.540. The van der Waals surface area contributed by atoms with E-state index >= 15 is 0 Å².